The van der Waals surface area contributed by atoms with Crippen LogP contribution in [0, 0.1) is 23.3 Å². The fourth-order valence-electron chi connectivity index (χ4n) is 7.81. The molecule has 0 aromatic heterocycles. The summed E-state index contributed by atoms with van der Waals surface area (Å²) in [5.74, 6) is -13.0. The van der Waals surface area contributed by atoms with Gasteiger partial charge in [-0.3, -0.25) is 38.4 Å². The molecule has 4 aliphatic heterocycles. The predicted molar refractivity (Wildman–Crippen MR) is 203 cm³/mol. The third kappa shape index (κ3) is 5.19. The number of rotatable bonds is 6. The minimum absolute atomic E-state index is 0.231. The van der Waals surface area contributed by atoms with Crippen LogP contribution in [-0.4, -0.2) is 47.3 Å². The van der Waals surface area contributed by atoms with Crippen LogP contribution in [0.5, 0.6) is 11.5 Å². The molecule has 0 bridgehead atoms. The quantitative estimate of drug-likeness (QED) is 0.125. The van der Waals surface area contributed by atoms with E-state index in [0.717, 1.165) is 72.8 Å². The maximum atomic E-state index is 14.5. The number of carbonyl (C=O) groups excluding carboxylic acids is 8. The number of nitrogens with zero attached hydrogens (tertiary/aromatic N) is 4. The minimum atomic E-state index is -1.13. The van der Waals surface area contributed by atoms with Crippen LogP contribution >= 0.6 is 0 Å². The van der Waals surface area contributed by atoms with Crippen molar-refractivity contribution in [2.75, 3.05) is 19.6 Å². The maximum absolute atomic E-state index is 14.5. The topological polar surface area (TPSA) is 159 Å². The first-order chi connectivity index (χ1) is 29.2. The molecular weight excluding hydrogens is 804 g/mol. The predicted octanol–water partition coefficient (Wildman–Crippen LogP) is 7.24. The third-order valence-electron chi connectivity index (χ3n) is 10.5. The van der Waals surface area contributed by atoms with E-state index in [1.165, 1.54) is 36.4 Å². The zero-order chi connectivity index (χ0) is 42.8. The summed E-state index contributed by atoms with van der Waals surface area (Å²) in [5, 5.41) is 0. The van der Waals surface area contributed by atoms with Gasteiger partial charge in [-0.15, -0.1) is 0 Å². The molecule has 8 amide bonds. The van der Waals surface area contributed by atoms with Gasteiger partial charge in [-0.1, -0.05) is 12.1 Å². The van der Waals surface area contributed by atoms with E-state index in [4.69, 9.17) is 4.74 Å². The first-order valence-electron chi connectivity index (χ1n) is 17.9. The molecule has 61 heavy (non-hydrogen) atoms. The van der Waals surface area contributed by atoms with Crippen LogP contribution in [0.2, 0.25) is 0 Å². The molecule has 0 radical (unpaired) electrons. The molecule has 0 unspecified atom stereocenters. The van der Waals surface area contributed by atoms with Gasteiger partial charge in [-0.25, -0.2) is 37.2 Å². The number of anilines is 4. The van der Waals surface area contributed by atoms with Crippen LogP contribution in [0.1, 0.15) is 82.9 Å². The second kappa shape index (κ2) is 13.0. The zero-order valence-corrected chi connectivity index (χ0v) is 30.4. The summed E-state index contributed by atoms with van der Waals surface area (Å²) in [5.41, 5.74) is -4.66. The average Bonchev–Trinajstić information content (AvgIpc) is 3.82. The molecule has 0 N–H and O–H groups in total. The van der Waals surface area contributed by atoms with E-state index in [0.29, 0.717) is 19.6 Å². The number of imide groups is 4. The zero-order valence-electron chi connectivity index (χ0n) is 30.4. The minimum Gasteiger partial charge on any atom is -0.453 e. The molecule has 6 aromatic rings. The summed E-state index contributed by atoms with van der Waals surface area (Å²) in [6, 6.07) is 18.3. The Balaban J connectivity index is 1.19. The first-order valence-corrected chi connectivity index (χ1v) is 17.9. The number of ether oxygens (including phenoxy) is 1. The van der Waals surface area contributed by atoms with Gasteiger partial charge in [0.15, 0.2) is 11.5 Å². The lowest BCUT2D eigenvalue weighted by atomic mass is 10.1. The second-order valence-corrected chi connectivity index (χ2v) is 13.9. The highest BCUT2D eigenvalue weighted by molar-refractivity contribution is 6.41. The van der Waals surface area contributed by atoms with Crippen molar-refractivity contribution in [3.05, 3.63) is 177 Å². The molecule has 6 aromatic carbocycles. The van der Waals surface area contributed by atoms with Crippen molar-refractivity contribution in [3.63, 3.8) is 0 Å². The number of halogens is 4. The number of amides is 8. The Morgan fingerprint density at radius 1 is 0.311 bits per heavy atom. The van der Waals surface area contributed by atoms with Crippen molar-refractivity contribution in [1.29, 1.82) is 0 Å². The van der Waals surface area contributed by atoms with Crippen molar-refractivity contribution in [2.45, 2.75) is 0 Å². The number of para-hydroxylation sites is 2. The van der Waals surface area contributed by atoms with Gasteiger partial charge in [0.25, 0.3) is 47.3 Å². The number of hydrogen-bond acceptors (Lipinski definition) is 9. The Kier molecular flexibility index (Phi) is 7.80. The van der Waals surface area contributed by atoms with Crippen LogP contribution in [0.4, 0.5) is 40.3 Å². The number of hydrogen-bond donors (Lipinski definition) is 0. The molecule has 0 saturated heterocycles. The van der Waals surface area contributed by atoms with Crippen molar-refractivity contribution in [2.24, 2.45) is 0 Å². The molecule has 0 fully saturated rings. The highest BCUT2D eigenvalue weighted by Crippen LogP contribution is 2.50. The van der Waals surface area contributed by atoms with Gasteiger partial charge in [0.2, 0.25) is 0 Å². The molecule has 17 heteroatoms. The Morgan fingerprint density at radius 3 is 0.885 bits per heavy atom. The van der Waals surface area contributed by atoms with Gasteiger partial charge in [-0.2, -0.15) is 0 Å². The van der Waals surface area contributed by atoms with Gasteiger partial charge < -0.3 is 4.74 Å². The van der Waals surface area contributed by atoms with Crippen molar-refractivity contribution in [3.8, 4) is 11.5 Å². The van der Waals surface area contributed by atoms with Gasteiger partial charge in [0.1, 0.15) is 34.6 Å². The van der Waals surface area contributed by atoms with Crippen LogP contribution in [0.3, 0.4) is 0 Å². The molecule has 13 nitrogen and oxygen atoms in total. The summed E-state index contributed by atoms with van der Waals surface area (Å²) in [6.07, 6.45) is 0. The van der Waals surface area contributed by atoms with Gasteiger partial charge >= 0.3 is 0 Å². The van der Waals surface area contributed by atoms with Crippen LogP contribution in [0.25, 0.3) is 0 Å². The fraction of sp³-hybridized carbons (Fsp3) is 0. The third-order valence-corrected chi connectivity index (χ3v) is 10.5. The Morgan fingerprint density at radius 2 is 0.574 bits per heavy atom. The molecule has 0 spiro atoms. The van der Waals surface area contributed by atoms with Crippen LogP contribution in [-0.2, 0) is 0 Å². The van der Waals surface area contributed by atoms with E-state index in [1.807, 2.05) is 0 Å². The van der Waals surface area contributed by atoms with Crippen LogP contribution < -0.4 is 24.3 Å². The summed E-state index contributed by atoms with van der Waals surface area (Å²) in [4.78, 5) is 114. The van der Waals surface area contributed by atoms with E-state index in [2.05, 4.69) is 0 Å². The summed E-state index contributed by atoms with van der Waals surface area (Å²) < 4.78 is 64.1. The normalized spacial score (nSPS) is 15.3. The van der Waals surface area contributed by atoms with Gasteiger partial charge in [0, 0.05) is 0 Å². The highest BCUT2D eigenvalue weighted by atomic mass is 19.1. The summed E-state index contributed by atoms with van der Waals surface area (Å²) in [6.45, 7) is 0. The number of fused-ring (bicyclic) bond motifs is 4. The summed E-state index contributed by atoms with van der Waals surface area (Å²) >= 11 is 0. The molecule has 0 saturated carbocycles. The first kappa shape index (κ1) is 36.7. The average molecular weight is 823 g/mol. The molecule has 4 heterocycles. The molecular formula is C44H18F4N4O9. The van der Waals surface area contributed by atoms with E-state index in [1.54, 1.807) is 0 Å². The lowest BCUT2D eigenvalue weighted by Gasteiger charge is -2.28. The Labute approximate surface area is 338 Å². The molecule has 4 aliphatic rings. The fourth-order valence-corrected chi connectivity index (χ4v) is 7.81. The van der Waals surface area contributed by atoms with E-state index >= 15 is 0 Å². The van der Waals surface area contributed by atoms with Crippen LogP contribution in [0.15, 0.2) is 109 Å². The molecule has 0 aliphatic carbocycles. The Bertz CT molecular complexity index is 2960. The van der Waals surface area contributed by atoms with E-state index in [-0.39, 0.29) is 33.4 Å². The van der Waals surface area contributed by atoms with Crippen molar-refractivity contribution in [1.82, 2.24) is 0 Å². The number of benzene rings is 6. The van der Waals surface area contributed by atoms with E-state index in [9.17, 15) is 55.9 Å². The second-order valence-electron chi connectivity index (χ2n) is 13.9. The molecule has 10 rings (SSSR count). The lowest BCUT2D eigenvalue weighted by Crippen LogP contribution is -2.36. The largest absolute Gasteiger partial charge is 0.453 e. The Hall–Kier alpha value is -8.60. The van der Waals surface area contributed by atoms with Gasteiger partial charge in [-0.05, 0) is 97.1 Å². The summed E-state index contributed by atoms with van der Waals surface area (Å²) in [7, 11) is 0. The smallest absolute Gasteiger partial charge is 0.266 e. The monoisotopic (exact) mass is 822 g/mol. The number of carbonyl (C=O) groups is 8. The standard InChI is InChI=1S/C44H18F4N4O9/c45-19-7-11-23-27(15-19)41(57)49(37(23)53)31-3-1-5-33(35(31)51-39(55)25-13-9-21(47)17-29(25)43(51)59)61-34-6-2-4-32(50-38(54)24-12-8-20(46)16-28(24)42(50)58)36(34)52-40(56)26-14-10-22(48)18-30(26)44(52)60/h1-18H. The molecule has 0 atom stereocenters. The molecule has 296 valence electrons. The van der Waals surface area contributed by atoms with E-state index < -0.39 is 116 Å². The van der Waals surface area contributed by atoms with Crippen molar-refractivity contribution < 1.29 is 60.7 Å². The van der Waals surface area contributed by atoms with Gasteiger partial charge in [0.05, 0.1) is 55.9 Å². The SMILES string of the molecule is O=C1c2ccc(F)cc2C(=O)N1c1cccc(Oc2cccc(N3C(=O)c4ccc(F)cc4C3=O)c2N2C(=O)c3ccc(F)cc3C2=O)c1N1C(=O)c2ccc(F)cc2C1=O. The highest BCUT2D eigenvalue weighted by Gasteiger charge is 2.47. The lowest BCUT2D eigenvalue weighted by molar-refractivity contribution is 0.0902. The van der Waals surface area contributed by atoms with Crippen molar-refractivity contribution >= 4 is 70.0 Å². The maximum Gasteiger partial charge on any atom is 0.266 e.